The van der Waals surface area contributed by atoms with Gasteiger partial charge in [-0.3, -0.25) is 0 Å². The number of esters is 1. The number of ether oxygens (including phenoxy) is 2. The predicted molar refractivity (Wildman–Crippen MR) is 89.1 cm³/mol. The van der Waals surface area contributed by atoms with Crippen LogP contribution in [0.2, 0.25) is 5.15 Å². The van der Waals surface area contributed by atoms with Crippen molar-refractivity contribution in [3.05, 3.63) is 45.7 Å². The molecule has 24 heavy (non-hydrogen) atoms. The second-order valence-electron chi connectivity index (χ2n) is 4.33. The van der Waals surface area contributed by atoms with E-state index in [9.17, 15) is 13.2 Å². The van der Waals surface area contributed by atoms with Gasteiger partial charge in [0, 0.05) is 16.7 Å². The average Bonchev–Trinajstić information content (AvgIpc) is 2.55. The summed E-state index contributed by atoms with van der Waals surface area (Å²) < 4.78 is 40.0. The molecule has 0 unspecified atom stereocenters. The van der Waals surface area contributed by atoms with Gasteiger partial charge in [0.1, 0.15) is 16.2 Å². The van der Waals surface area contributed by atoms with E-state index in [0.717, 1.165) is 0 Å². The Morgan fingerprint density at radius 3 is 2.58 bits per heavy atom. The maximum absolute atomic E-state index is 12.5. The molecular formula is C14H11BrClNO6S. The third kappa shape index (κ3) is 3.97. The summed E-state index contributed by atoms with van der Waals surface area (Å²) in [6.07, 6.45) is 1.34. The third-order valence-corrected chi connectivity index (χ3v) is 4.93. The van der Waals surface area contributed by atoms with Crippen LogP contribution in [0.5, 0.6) is 11.5 Å². The predicted octanol–water partition coefficient (Wildman–Crippen LogP) is 3.06. The van der Waals surface area contributed by atoms with Gasteiger partial charge in [0.25, 0.3) is 0 Å². The smallest absolute Gasteiger partial charge is 0.342 e. The molecule has 0 bridgehead atoms. The maximum atomic E-state index is 12.5. The van der Waals surface area contributed by atoms with Gasteiger partial charge in [-0.25, -0.2) is 9.78 Å². The van der Waals surface area contributed by atoms with E-state index in [1.807, 2.05) is 0 Å². The van der Waals surface area contributed by atoms with Crippen LogP contribution in [0.15, 0.2) is 39.8 Å². The highest BCUT2D eigenvalue weighted by molar-refractivity contribution is 9.10. The van der Waals surface area contributed by atoms with Gasteiger partial charge in [-0.15, -0.1) is 0 Å². The number of carbonyl (C=O) groups excluding carboxylic acids is 1. The highest BCUT2D eigenvalue weighted by atomic mass is 79.9. The third-order valence-electron chi connectivity index (χ3n) is 2.84. The lowest BCUT2D eigenvalue weighted by Gasteiger charge is -2.12. The highest BCUT2D eigenvalue weighted by Gasteiger charge is 2.25. The van der Waals surface area contributed by atoms with Crippen LogP contribution in [-0.2, 0) is 14.9 Å². The van der Waals surface area contributed by atoms with Crippen LogP contribution in [-0.4, -0.2) is 33.6 Å². The van der Waals surface area contributed by atoms with Gasteiger partial charge in [0.05, 0.1) is 14.2 Å². The Morgan fingerprint density at radius 2 is 1.96 bits per heavy atom. The summed E-state index contributed by atoms with van der Waals surface area (Å²) >= 11 is 8.94. The number of aromatic nitrogens is 1. The first-order valence-corrected chi connectivity index (χ1v) is 8.88. The van der Waals surface area contributed by atoms with E-state index in [-0.39, 0.29) is 21.4 Å². The Bertz CT molecular complexity index is 887. The summed E-state index contributed by atoms with van der Waals surface area (Å²) in [5.41, 5.74) is -0.0825. The Morgan fingerprint density at radius 1 is 1.25 bits per heavy atom. The molecule has 0 aliphatic rings. The molecule has 10 heteroatoms. The quantitative estimate of drug-likeness (QED) is 0.404. The number of benzene rings is 1. The average molecular weight is 437 g/mol. The second kappa shape index (κ2) is 7.37. The molecule has 0 N–H and O–H groups in total. The minimum Gasteiger partial charge on any atom is -0.497 e. The molecule has 0 fully saturated rings. The zero-order chi connectivity index (χ0) is 17.9. The lowest BCUT2D eigenvalue weighted by Crippen LogP contribution is -2.14. The number of hydrogen-bond acceptors (Lipinski definition) is 7. The Hall–Kier alpha value is -1.84. The molecule has 0 aliphatic carbocycles. The van der Waals surface area contributed by atoms with Crippen molar-refractivity contribution in [3.8, 4) is 11.5 Å². The molecular weight excluding hydrogens is 426 g/mol. The van der Waals surface area contributed by atoms with Crippen LogP contribution in [0.25, 0.3) is 0 Å². The van der Waals surface area contributed by atoms with Crippen LogP contribution in [0.3, 0.4) is 0 Å². The molecule has 0 amide bonds. The van der Waals surface area contributed by atoms with Gasteiger partial charge in [0.15, 0.2) is 10.9 Å². The van der Waals surface area contributed by atoms with Crippen LogP contribution in [0.1, 0.15) is 10.4 Å². The largest absolute Gasteiger partial charge is 0.497 e. The number of pyridine rings is 1. The minimum absolute atomic E-state index is 0.0825. The molecule has 0 radical (unpaired) electrons. The minimum atomic E-state index is -4.34. The van der Waals surface area contributed by atoms with Crippen molar-refractivity contribution >= 4 is 43.6 Å². The lowest BCUT2D eigenvalue weighted by atomic mass is 10.2. The highest BCUT2D eigenvalue weighted by Crippen LogP contribution is 2.30. The van der Waals surface area contributed by atoms with Gasteiger partial charge in [-0.1, -0.05) is 11.6 Å². The lowest BCUT2D eigenvalue weighted by molar-refractivity contribution is 0.0599. The van der Waals surface area contributed by atoms with Crippen LogP contribution in [0, 0.1) is 0 Å². The fraction of sp³-hybridized carbons (Fsp3) is 0.143. The number of methoxy groups -OCH3 is 2. The fourth-order valence-corrected chi connectivity index (χ4v) is 3.58. The molecule has 2 aromatic rings. The molecule has 0 saturated carbocycles. The van der Waals surface area contributed by atoms with Crippen molar-refractivity contribution in [3.63, 3.8) is 0 Å². The van der Waals surface area contributed by atoms with Crippen molar-refractivity contribution in [2.75, 3.05) is 14.2 Å². The summed E-state index contributed by atoms with van der Waals surface area (Å²) in [7, 11) is -1.79. The zero-order valence-corrected chi connectivity index (χ0v) is 15.6. The molecule has 1 aromatic heterocycles. The van der Waals surface area contributed by atoms with E-state index in [1.54, 1.807) is 0 Å². The van der Waals surface area contributed by atoms with Crippen molar-refractivity contribution in [1.29, 1.82) is 0 Å². The number of carbonyl (C=O) groups is 1. The molecule has 1 aromatic carbocycles. The van der Waals surface area contributed by atoms with Crippen molar-refractivity contribution < 1.29 is 26.9 Å². The number of hydrogen-bond donors (Lipinski definition) is 0. The van der Waals surface area contributed by atoms with E-state index in [1.165, 1.54) is 44.7 Å². The van der Waals surface area contributed by atoms with E-state index >= 15 is 0 Å². The summed E-state index contributed by atoms with van der Waals surface area (Å²) in [5.74, 6) is -0.718. The van der Waals surface area contributed by atoms with Crippen LogP contribution >= 0.6 is 27.5 Å². The summed E-state index contributed by atoms with van der Waals surface area (Å²) in [6.45, 7) is 0. The molecule has 7 nitrogen and oxygen atoms in total. The van der Waals surface area contributed by atoms with Crippen LogP contribution < -0.4 is 8.92 Å². The number of nitrogens with zero attached hydrogens (tertiary/aromatic N) is 1. The van der Waals surface area contributed by atoms with Crippen molar-refractivity contribution in [2.45, 2.75) is 4.90 Å². The van der Waals surface area contributed by atoms with Crippen LogP contribution in [0.4, 0.5) is 0 Å². The van der Waals surface area contributed by atoms with E-state index in [4.69, 9.17) is 20.5 Å². The van der Waals surface area contributed by atoms with Crippen molar-refractivity contribution in [1.82, 2.24) is 4.98 Å². The Labute approximate surface area is 151 Å². The molecule has 1 heterocycles. The van der Waals surface area contributed by atoms with Gasteiger partial charge >= 0.3 is 16.1 Å². The molecule has 0 atom stereocenters. The maximum Gasteiger partial charge on any atom is 0.342 e. The topological polar surface area (TPSA) is 91.8 Å². The van der Waals surface area contributed by atoms with E-state index in [0.29, 0.717) is 10.2 Å². The number of rotatable bonds is 5. The van der Waals surface area contributed by atoms with E-state index < -0.39 is 16.1 Å². The molecule has 128 valence electrons. The Balaban J connectivity index is 2.52. The molecule has 0 saturated heterocycles. The number of halogens is 2. The standard InChI is InChI=1S/C14H11BrClNO6S/c1-21-9-3-4-10(14(18)22-2)11(6-9)23-24(19,20)12-5-8(15)7-17-13(12)16/h3-7H,1-2H3. The molecule has 2 rings (SSSR count). The van der Waals surface area contributed by atoms with Gasteiger partial charge in [0.2, 0.25) is 0 Å². The summed E-state index contributed by atoms with van der Waals surface area (Å²) in [6, 6.07) is 5.29. The van der Waals surface area contributed by atoms with Gasteiger partial charge in [-0.2, -0.15) is 8.42 Å². The molecule has 0 aliphatic heterocycles. The fourth-order valence-electron chi connectivity index (χ4n) is 1.72. The first-order chi connectivity index (χ1) is 11.3. The zero-order valence-electron chi connectivity index (χ0n) is 12.4. The second-order valence-corrected chi connectivity index (χ2v) is 7.12. The van der Waals surface area contributed by atoms with Crippen molar-refractivity contribution in [2.24, 2.45) is 0 Å². The SMILES string of the molecule is COC(=O)c1ccc(OC)cc1OS(=O)(=O)c1cc(Br)cnc1Cl. The first kappa shape index (κ1) is 18.5. The van der Waals surface area contributed by atoms with Gasteiger partial charge < -0.3 is 13.7 Å². The first-order valence-electron chi connectivity index (χ1n) is 6.30. The monoisotopic (exact) mass is 435 g/mol. The van der Waals surface area contributed by atoms with E-state index in [2.05, 4.69) is 25.7 Å². The van der Waals surface area contributed by atoms with Gasteiger partial charge in [-0.05, 0) is 34.1 Å². The molecule has 0 spiro atoms. The Kier molecular flexibility index (Phi) is 5.68. The summed E-state index contributed by atoms with van der Waals surface area (Å²) in [5, 5.41) is -0.263. The summed E-state index contributed by atoms with van der Waals surface area (Å²) in [4.78, 5) is 15.2. The normalized spacial score (nSPS) is 11.0.